The molecule has 0 aliphatic rings. The Morgan fingerprint density at radius 3 is 2.93 bits per heavy atom. The van der Waals surface area contributed by atoms with Crippen molar-refractivity contribution in [2.75, 3.05) is 7.11 Å². The zero-order chi connectivity index (χ0) is 20.7. The standard InChI is InChI=1S/C17H16BrN7O2S2/c1-24-12-9(6-21-25(15(12)26)7-8(20)3-4-19)13-14(24)23-11(28-13)5-10-16(27-2)29-17(18)22-10/h3-4,6,19H,5,7,20H2,1-2H3. The fraction of sp³-hybridized carbons (Fsp3) is 0.235. The molecule has 0 amide bonds. The largest absolute Gasteiger partial charge is 0.486 e. The van der Waals surface area contributed by atoms with Crippen LogP contribution < -0.4 is 16.0 Å². The van der Waals surface area contributed by atoms with Gasteiger partial charge in [0, 0.05) is 30.8 Å². The first-order valence-electron chi connectivity index (χ1n) is 8.41. The van der Waals surface area contributed by atoms with Gasteiger partial charge in [-0.05, 0) is 22.0 Å². The summed E-state index contributed by atoms with van der Waals surface area (Å²) in [4.78, 5) is 22.1. The normalized spacial score (nSPS) is 12.2. The predicted octanol–water partition coefficient (Wildman–Crippen LogP) is 2.66. The molecule has 29 heavy (non-hydrogen) atoms. The molecule has 0 fully saturated rings. The lowest BCUT2D eigenvalue weighted by Crippen LogP contribution is -2.26. The third-order valence-corrected chi connectivity index (χ3v) is 6.93. The summed E-state index contributed by atoms with van der Waals surface area (Å²) >= 11 is 6.33. The summed E-state index contributed by atoms with van der Waals surface area (Å²) in [6.45, 7) is 0.125. The molecule has 0 radical (unpaired) electrons. The number of fused-ring (bicyclic) bond motifs is 3. The maximum absolute atomic E-state index is 12.9. The molecule has 4 aromatic rings. The van der Waals surface area contributed by atoms with Gasteiger partial charge in [0.25, 0.3) is 5.56 Å². The molecule has 12 heteroatoms. The van der Waals surface area contributed by atoms with Crippen LogP contribution in [0.15, 0.2) is 26.7 Å². The molecule has 4 heterocycles. The molecule has 0 aliphatic carbocycles. The number of nitrogens with two attached hydrogens (primary N) is 1. The van der Waals surface area contributed by atoms with Gasteiger partial charge in [-0.25, -0.2) is 14.6 Å². The van der Waals surface area contributed by atoms with Gasteiger partial charge in [-0.3, -0.25) is 4.79 Å². The first-order valence-corrected chi connectivity index (χ1v) is 10.8. The van der Waals surface area contributed by atoms with Gasteiger partial charge in [0.1, 0.15) is 16.2 Å². The molecular formula is C17H16BrN7O2S2. The lowest BCUT2D eigenvalue weighted by molar-refractivity contribution is 0.421. The second-order valence-electron chi connectivity index (χ2n) is 6.18. The minimum absolute atomic E-state index is 0.125. The Morgan fingerprint density at radius 1 is 1.41 bits per heavy atom. The minimum Gasteiger partial charge on any atom is -0.486 e. The van der Waals surface area contributed by atoms with E-state index in [1.54, 1.807) is 17.9 Å². The van der Waals surface area contributed by atoms with Crippen molar-refractivity contribution in [3.8, 4) is 5.06 Å². The number of hydrogen-bond acceptors (Lipinski definition) is 9. The van der Waals surface area contributed by atoms with Crippen LogP contribution in [0.2, 0.25) is 0 Å². The number of nitrogens with one attached hydrogen (secondary N) is 1. The van der Waals surface area contributed by atoms with Gasteiger partial charge in [-0.2, -0.15) is 5.10 Å². The average molecular weight is 494 g/mol. The molecule has 0 aromatic carbocycles. The Kier molecular flexibility index (Phi) is 5.23. The number of nitrogens with zero attached hydrogens (tertiary/aromatic N) is 5. The van der Waals surface area contributed by atoms with E-state index in [0.717, 1.165) is 41.6 Å². The number of halogens is 1. The van der Waals surface area contributed by atoms with Gasteiger partial charge in [0.2, 0.25) is 0 Å². The van der Waals surface area contributed by atoms with E-state index in [-0.39, 0.29) is 12.1 Å². The van der Waals surface area contributed by atoms with Crippen LogP contribution in [0.1, 0.15) is 10.7 Å². The van der Waals surface area contributed by atoms with Crippen molar-refractivity contribution in [2.45, 2.75) is 13.0 Å². The molecular weight excluding hydrogens is 478 g/mol. The van der Waals surface area contributed by atoms with Gasteiger partial charge in [-0.15, -0.1) is 11.3 Å². The third-order valence-electron chi connectivity index (χ3n) is 4.34. The monoisotopic (exact) mass is 493 g/mol. The topological polar surface area (TPSA) is 125 Å². The lowest BCUT2D eigenvalue weighted by atomic mass is 10.3. The zero-order valence-corrected chi connectivity index (χ0v) is 18.7. The maximum Gasteiger partial charge on any atom is 0.291 e. The molecule has 0 saturated heterocycles. The quantitative estimate of drug-likeness (QED) is 0.397. The van der Waals surface area contributed by atoms with Crippen molar-refractivity contribution in [3.05, 3.63) is 42.9 Å². The summed E-state index contributed by atoms with van der Waals surface area (Å²) < 4.78 is 10.1. The minimum atomic E-state index is -0.247. The Labute approximate surface area is 181 Å². The number of hydrogen-bond donors (Lipinski definition) is 2. The van der Waals surface area contributed by atoms with Gasteiger partial charge < -0.3 is 20.4 Å². The third kappa shape index (κ3) is 3.47. The van der Waals surface area contributed by atoms with E-state index in [2.05, 4.69) is 26.0 Å². The number of methoxy groups -OCH3 is 1. The number of aromatic nitrogens is 5. The van der Waals surface area contributed by atoms with Crippen molar-refractivity contribution >= 4 is 66.1 Å². The molecule has 9 nitrogen and oxygen atoms in total. The molecule has 3 N–H and O–H groups in total. The zero-order valence-electron chi connectivity index (χ0n) is 15.5. The molecule has 0 atom stereocenters. The Bertz CT molecular complexity index is 1330. The summed E-state index contributed by atoms with van der Waals surface area (Å²) in [5.41, 5.74) is 8.03. The first-order chi connectivity index (χ1) is 13.9. The number of allylic oxidation sites excluding steroid dienone is 2. The van der Waals surface area contributed by atoms with Crippen LogP contribution in [0.25, 0.3) is 21.3 Å². The molecule has 4 aromatic heterocycles. The average Bonchev–Trinajstić information content (AvgIpc) is 3.32. The molecule has 0 bridgehead atoms. The van der Waals surface area contributed by atoms with E-state index in [0.29, 0.717) is 17.6 Å². The van der Waals surface area contributed by atoms with Crippen molar-refractivity contribution < 1.29 is 4.74 Å². The summed E-state index contributed by atoms with van der Waals surface area (Å²) in [5, 5.41) is 13.7. The number of thiazole rings is 2. The highest BCUT2D eigenvalue weighted by Gasteiger charge is 2.20. The Hall–Kier alpha value is -2.57. The maximum atomic E-state index is 12.9. The van der Waals surface area contributed by atoms with Crippen LogP contribution in [0.3, 0.4) is 0 Å². The highest BCUT2D eigenvalue weighted by atomic mass is 79.9. The van der Waals surface area contributed by atoms with E-state index >= 15 is 0 Å². The summed E-state index contributed by atoms with van der Waals surface area (Å²) in [5.74, 6) is 0. The molecule has 0 aliphatic heterocycles. The summed E-state index contributed by atoms with van der Waals surface area (Å²) in [7, 11) is 3.44. The SMILES string of the molecule is COc1sc(Br)nc1Cc1nc2c(s1)c1cnn(CC(N)=CC=N)c(=O)c1n2C. The van der Waals surface area contributed by atoms with E-state index in [9.17, 15) is 4.79 Å². The summed E-state index contributed by atoms with van der Waals surface area (Å²) in [6.07, 6.45) is 4.72. The van der Waals surface area contributed by atoms with E-state index in [1.807, 2.05) is 7.05 Å². The highest BCUT2D eigenvalue weighted by molar-refractivity contribution is 9.11. The summed E-state index contributed by atoms with van der Waals surface area (Å²) in [6, 6.07) is 0. The van der Waals surface area contributed by atoms with E-state index in [1.165, 1.54) is 33.4 Å². The van der Waals surface area contributed by atoms with Gasteiger partial charge in [-0.1, -0.05) is 11.3 Å². The first kappa shape index (κ1) is 19.7. The lowest BCUT2D eigenvalue weighted by Gasteiger charge is -2.05. The molecule has 0 unspecified atom stereocenters. The molecule has 0 saturated carbocycles. The molecule has 150 valence electrons. The second kappa shape index (κ2) is 7.69. The van der Waals surface area contributed by atoms with E-state index < -0.39 is 0 Å². The van der Waals surface area contributed by atoms with Crippen LogP contribution >= 0.6 is 38.6 Å². The predicted molar refractivity (Wildman–Crippen MR) is 118 cm³/mol. The van der Waals surface area contributed by atoms with E-state index in [4.69, 9.17) is 20.9 Å². The van der Waals surface area contributed by atoms with Crippen LogP contribution in [-0.2, 0) is 20.0 Å². The van der Waals surface area contributed by atoms with Crippen molar-refractivity contribution in [2.24, 2.45) is 12.8 Å². The smallest absolute Gasteiger partial charge is 0.291 e. The number of aryl methyl sites for hydroxylation is 1. The Morgan fingerprint density at radius 2 is 2.21 bits per heavy atom. The number of rotatable bonds is 6. The van der Waals surface area contributed by atoms with Gasteiger partial charge >= 0.3 is 0 Å². The number of ether oxygens (including phenoxy) is 1. The highest BCUT2D eigenvalue weighted by Crippen LogP contribution is 2.35. The molecule has 4 rings (SSSR count). The van der Waals surface area contributed by atoms with Crippen LogP contribution in [-0.4, -0.2) is 37.6 Å². The fourth-order valence-corrected chi connectivity index (χ4v) is 5.47. The van der Waals surface area contributed by atoms with Gasteiger partial charge in [0.05, 0.1) is 24.6 Å². The van der Waals surface area contributed by atoms with Crippen LogP contribution in [0.5, 0.6) is 5.06 Å². The molecule has 0 spiro atoms. The van der Waals surface area contributed by atoms with Crippen LogP contribution in [0.4, 0.5) is 0 Å². The Balaban J connectivity index is 1.77. The van der Waals surface area contributed by atoms with Gasteiger partial charge in [0.15, 0.2) is 14.6 Å². The second-order valence-corrected chi connectivity index (χ2v) is 9.50. The van der Waals surface area contributed by atoms with Crippen molar-refractivity contribution in [3.63, 3.8) is 0 Å². The van der Waals surface area contributed by atoms with Crippen molar-refractivity contribution in [1.82, 2.24) is 24.3 Å². The fourth-order valence-electron chi connectivity index (χ4n) is 3.08. The van der Waals surface area contributed by atoms with Crippen molar-refractivity contribution in [1.29, 1.82) is 5.41 Å². The van der Waals surface area contributed by atoms with Crippen LogP contribution in [0, 0.1) is 5.41 Å².